The minimum atomic E-state index is -0.958. The number of rotatable bonds is 2. The minimum Gasteiger partial charge on any atom is -0.466 e. The molecule has 1 atom stereocenters. The van der Waals surface area contributed by atoms with Gasteiger partial charge in [0, 0.05) is 0 Å². The molecule has 2 aromatic rings. The molecule has 0 fully saturated rings. The molecule has 0 aliphatic heterocycles. The Kier molecular flexibility index (Phi) is 3.65. The average molecular weight is 367 g/mol. The summed E-state index contributed by atoms with van der Waals surface area (Å²) < 4.78 is 32.2. The Labute approximate surface area is 113 Å². The second-order valence-corrected chi connectivity index (χ2v) is 5.02. The normalized spacial score (nSPS) is 12.8. The number of benzene rings is 1. The van der Waals surface area contributed by atoms with E-state index in [9.17, 15) is 8.78 Å². The van der Waals surface area contributed by atoms with Crippen LogP contribution in [0.3, 0.4) is 0 Å². The van der Waals surface area contributed by atoms with Crippen LogP contribution in [-0.2, 0) is 0 Å². The van der Waals surface area contributed by atoms with Gasteiger partial charge >= 0.3 is 0 Å². The first-order valence-electron chi connectivity index (χ1n) is 4.64. The molecule has 1 aromatic carbocycles. The van der Waals surface area contributed by atoms with Crippen LogP contribution >= 0.6 is 31.9 Å². The molecule has 0 saturated carbocycles. The fourth-order valence-electron chi connectivity index (χ4n) is 1.45. The molecule has 17 heavy (non-hydrogen) atoms. The van der Waals surface area contributed by atoms with E-state index in [2.05, 4.69) is 31.9 Å². The van der Waals surface area contributed by atoms with Crippen LogP contribution < -0.4 is 5.73 Å². The van der Waals surface area contributed by atoms with Crippen LogP contribution in [0.1, 0.15) is 17.4 Å². The molecule has 6 heteroatoms. The smallest absolute Gasteiger partial charge is 0.173 e. The first kappa shape index (κ1) is 12.7. The highest BCUT2D eigenvalue weighted by Gasteiger charge is 2.21. The van der Waals surface area contributed by atoms with Gasteiger partial charge < -0.3 is 10.2 Å². The topological polar surface area (TPSA) is 39.2 Å². The van der Waals surface area contributed by atoms with E-state index in [1.165, 1.54) is 12.3 Å². The maximum Gasteiger partial charge on any atom is 0.173 e. The predicted molar refractivity (Wildman–Crippen MR) is 66.5 cm³/mol. The van der Waals surface area contributed by atoms with E-state index in [1.807, 2.05) is 0 Å². The monoisotopic (exact) mass is 365 g/mol. The molecule has 2 N–H and O–H groups in total. The fourth-order valence-corrected chi connectivity index (χ4v) is 2.47. The van der Waals surface area contributed by atoms with E-state index in [4.69, 9.17) is 10.2 Å². The summed E-state index contributed by atoms with van der Waals surface area (Å²) in [6.45, 7) is 0. The number of hydrogen-bond donors (Lipinski definition) is 1. The second-order valence-electron chi connectivity index (χ2n) is 3.38. The van der Waals surface area contributed by atoms with Crippen LogP contribution in [0.15, 0.2) is 37.8 Å². The summed E-state index contributed by atoms with van der Waals surface area (Å²) in [5.74, 6) is -1.43. The molecule has 0 aliphatic carbocycles. The van der Waals surface area contributed by atoms with Crippen LogP contribution in [0.4, 0.5) is 8.78 Å². The molecular weight excluding hydrogens is 360 g/mol. The Balaban J connectivity index is 2.48. The first-order valence-corrected chi connectivity index (χ1v) is 6.23. The van der Waals surface area contributed by atoms with Gasteiger partial charge in [-0.05, 0) is 49.6 Å². The van der Waals surface area contributed by atoms with Gasteiger partial charge in [0.15, 0.2) is 11.6 Å². The summed E-state index contributed by atoms with van der Waals surface area (Å²) in [4.78, 5) is 0. The van der Waals surface area contributed by atoms with E-state index < -0.39 is 17.7 Å². The molecule has 0 bridgehead atoms. The summed E-state index contributed by atoms with van der Waals surface area (Å²) in [5.41, 5.74) is 6.35. The predicted octanol–water partition coefficient (Wildman–Crippen LogP) is 4.13. The van der Waals surface area contributed by atoms with Crippen LogP contribution in [0.2, 0.25) is 0 Å². The highest BCUT2D eigenvalue weighted by atomic mass is 79.9. The van der Waals surface area contributed by atoms with Gasteiger partial charge in [-0.2, -0.15) is 0 Å². The Morgan fingerprint density at radius 3 is 2.47 bits per heavy atom. The van der Waals surface area contributed by atoms with Crippen molar-refractivity contribution in [2.45, 2.75) is 6.04 Å². The number of furan rings is 1. The van der Waals surface area contributed by atoms with E-state index in [0.717, 1.165) is 6.07 Å². The lowest BCUT2D eigenvalue weighted by atomic mass is 10.1. The minimum absolute atomic E-state index is 0.00769. The SMILES string of the molecule is NC(c1ccc(F)c(F)c1Br)c1occc1Br. The number of hydrogen-bond acceptors (Lipinski definition) is 2. The Bertz CT molecular complexity index is 556. The molecule has 0 radical (unpaired) electrons. The largest absolute Gasteiger partial charge is 0.466 e. The van der Waals surface area contributed by atoms with E-state index in [0.29, 0.717) is 15.8 Å². The van der Waals surface area contributed by atoms with Gasteiger partial charge in [0.2, 0.25) is 0 Å². The van der Waals surface area contributed by atoms with E-state index in [1.54, 1.807) is 6.07 Å². The number of nitrogens with two attached hydrogens (primary N) is 1. The van der Waals surface area contributed by atoms with Crippen molar-refractivity contribution in [1.29, 1.82) is 0 Å². The maximum absolute atomic E-state index is 13.4. The highest BCUT2D eigenvalue weighted by molar-refractivity contribution is 9.10. The Morgan fingerprint density at radius 2 is 1.88 bits per heavy atom. The molecule has 90 valence electrons. The lowest BCUT2D eigenvalue weighted by Gasteiger charge is -2.12. The van der Waals surface area contributed by atoms with Gasteiger partial charge in [-0.3, -0.25) is 0 Å². The van der Waals surface area contributed by atoms with Crippen LogP contribution in [0, 0.1) is 11.6 Å². The van der Waals surface area contributed by atoms with Crippen molar-refractivity contribution in [2.24, 2.45) is 5.73 Å². The van der Waals surface area contributed by atoms with E-state index >= 15 is 0 Å². The molecule has 2 nitrogen and oxygen atoms in total. The van der Waals surface area contributed by atoms with Gasteiger partial charge in [-0.1, -0.05) is 6.07 Å². The third-order valence-corrected chi connectivity index (χ3v) is 3.79. The van der Waals surface area contributed by atoms with Crippen molar-refractivity contribution in [2.75, 3.05) is 0 Å². The van der Waals surface area contributed by atoms with Gasteiger partial charge in [0.05, 0.1) is 21.3 Å². The molecule has 0 aliphatic rings. The maximum atomic E-state index is 13.4. The van der Waals surface area contributed by atoms with Gasteiger partial charge in [-0.25, -0.2) is 8.78 Å². The van der Waals surface area contributed by atoms with Crippen LogP contribution in [0.5, 0.6) is 0 Å². The second kappa shape index (κ2) is 4.88. The van der Waals surface area contributed by atoms with Crippen molar-refractivity contribution in [3.05, 3.63) is 56.4 Å². The standard InChI is InChI=1S/C11H7Br2F2NO/c12-6-3-4-17-11(6)10(16)5-1-2-7(14)9(15)8(5)13/h1-4,10H,16H2. The van der Waals surface area contributed by atoms with E-state index in [-0.39, 0.29) is 4.47 Å². The van der Waals surface area contributed by atoms with Crippen molar-refractivity contribution in [1.82, 2.24) is 0 Å². The highest BCUT2D eigenvalue weighted by Crippen LogP contribution is 2.33. The molecule has 0 saturated heterocycles. The molecule has 1 unspecified atom stereocenters. The zero-order valence-corrected chi connectivity index (χ0v) is 11.6. The molecule has 0 spiro atoms. The summed E-state index contributed by atoms with van der Waals surface area (Å²) >= 11 is 6.25. The summed E-state index contributed by atoms with van der Waals surface area (Å²) in [6.07, 6.45) is 1.47. The zero-order valence-electron chi connectivity index (χ0n) is 8.38. The van der Waals surface area contributed by atoms with Crippen LogP contribution in [-0.4, -0.2) is 0 Å². The number of halogens is 4. The average Bonchev–Trinajstić information content (AvgIpc) is 2.72. The zero-order chi connectivity index (χ0) is 12.6. The van der Waals surface area contributed by atoms with Crippen molar-refractivity contribution in [3.63, 3.8) is 0 Å². The first-order chi connectivity index (χ1) is 8.02. The molecular formula is C11H7Br2F2NO. The lowest BCUT2D eigenvalue weighted by Crippen LogP contribution is -2.13. The molecule has 2 rings (SSSR count). The third kappa shape index (κ3) is 2.29. The van der Waals surface area contributed by atoms with Gasteiger partial charge in [0.1, 0.15) is 5.76 Å². The molecule has 1 aromatic heterocycles. The molecule has 1 heterocycles. The van der Waals surface area contributed by atoms with Crippen molar-refractivity contribution in [3.8, 4) is 0 Å². The molecule has 0 amide bonds. The third-order valence-electron chi connectivity index (χ3n) is 2.33. The quantitative estimate of drug-likeness (QED) is 0.811. The Hall–Kier alpha value is -0.720. The van der Waals surface area contributed by atoms with Gasteiger partial charge in [0.25, 0.3) is 0 Å². The van der Waals surface area contributed by atoms with Gasteiger partial charge in [-0.15, -0.1) is 0 Å². The summed E-state index contributed by atoms with van der Waals surface area (Å²) in [5, 5.41) is 0. The van der Waals surface area contributed by atoms with Crippen LogP contribution in [0.25, 0.3) is 0 Å². The lowest BCUT2D eigenvalue weighted by molar-refractivity contribution is 0.478. The Morgan fingerprint density at radius 1 is 1.18 bits per heavy atom. The van der Waals surface area contributed by atoms with Crippen molar-refractivity contribution < 1.29 is 13.2 Å². The summed E-state index contributed by atoms with van der Waals surface area (Å²) in [6, 6.07) is 3.46. The summed E-state index contributed by atoms with van der Waals surface area (Å²) in [7, 11) is 0. The fraction of sp³-hybridized carbons (Fsp3) is 0.0909. The van der Waals surface area contributed by atoms with Crippen molar-refractivity contribution >= 4 is 31.9 Å².